The summed E-state index contributed by atoms with van der Waals surface area (Å²) in [6, 6.07) is 8.78. The Bertz CT molecular complexity index is 1010. The summed E-state index contributed by atoms with van der Waals surface area (Å²) in [5.74, 6) is -0.330. The zero-order chi connectivity index (χ0) is 21.0. The third-order valence-electron chi connectivity index (χ3n) is 4.24. The molecule has 0 saturated carbocycles. The van der Waals surface area contributed by atoms with Crippen LogP contribution in [-0.2, 0) is 9.53 Å². The van der Waals surface area contributed by atoms with Crippen LogP contribution >= 0.6 is 0 Å². The van der Waals surface area contributed by atoms with Gasteiger partial charge in [0.15, 0.2) is 11.8 Å². The standard InChI is InChI=1S/C21H24N4O4/c1-5-28-18-8-6-17(7-9-18)24-20(26)14(4)29-21(27)16-10-15-12-23-25(13(2)3)19(15)22-11-16/h6-14H,5H2,1-4H3,(H,24,26). The van der Waals surface area contributed by atoms with Crippen molar-refractivity contribution in [3.05, 3.63) is 48.3 Å². The summed E-state index contributed by atoms with van der Waals surface area (Å²) in [6.45, 7) is 7.99. The fourth-order valence-corrected chi connectivity index (χ4v) is 2.76. The van der Waals surface area contributed by atoms with Gasteiger partial charge in [0, 0.05) is 23.3 Å². The molecule has 0 spiro atoms. The topological polar surface area (TPSA) is 95.3 Å². The van der Waals surface area contributed by atoms with Crippen molar-refractivity contribution >= 4 is 28.6 Å². The molecule has 0 fully saturated rings. The van der Waals surface area contributed by atoms with Crippen LogP contribution in [0.3, 0.4) is 0 Å². The molecule has 29 heavy (non-hydrogen) atoms. The first-order valence-corrected chi connectivity index (χ1v) is 9.47. The molecule has 1 unspecified atom stereocenters. The molecule has 3 aromatic rings. The lowest BCUT2D eigenvalue weighted by Gasteiger charge is -2.14. The number of carbonyl (C=O) groups is 2. The molecule has 1 N–H and O–H groups in total. The number of ether oxygens (including phenoxy) is 2. The number of pyridine rings is 1. The van der Waals surface area contributed by atoms with E-state index >= 15 is 0 Å². The van der Waals surface area contributed by atoms with E-state index in [0.717, 1.165) is 5.39 Å². The van der Waals surface area contributed by atoms with Crippen molar-refractivity contribution in [1.82, 2.24) is 14.8 Å². The Morgan fingerprint density at radius 2 is 1.86 bits per heavy atom. The fraction of sp³-hybridized carbons (Fsp3) is 0.333. The largest absolute Gasteiger partial charge is 0.494 e. The van der Waals surface area contributed by atoms with Gasteiger partial charge in [-0.1, -0.05) is 0 Å². The number of benzene rings is 1. The molecule has 2 aromatic heterocycles. The Morgan fingerprint density at radius 3 is 2.52 bits per heavy atom. The molecule has 152 valence electrons. The zero-order valence-corrected chi connectivity index (χ0v) is 16.9. The third kappa shape index (κ3) is 4.71. The molecule has 2 heterocycles. The van der Waals surface area contributed by atoms with Gasteiger partial charge in [0.2, 0.25) is 0 Å². The predicted octanol–water partition coefficient (Wildman–Crippen LogP) is 3.59. The van der Waals surface area contributed by atoms with Gasteiger partial charge in [-0.05, 0) is 58.0 Å². The molecule has 1 atom stereocenters. The Hall–Kier alpha value is -3.42. The van der Waals surface area contributed by atoms with Gasteiger partial charge in [0.1, 0.15) is 5.75 Å². The van der Waals surface area contributed by atoms with E-state index in [1.54, 1.807) is 41.2 Å². The predicted molar refractivity (Wildman–Crippen MR) is 109 cm³/mol. The van der Waals surface area contributed by atoms with Crippen LogP contribution in [0, 0.1) is 0 Å². The summed E-state index contributed by atoms with van der Waals surface area (Å²) < 4.78 is 12.4. The van der Waals surface area contributed by atoms with Gasteiger partial charge in [0.05, 0.1) is 18.4 Å². The highest BCUT2D eigenvalue weighted by Crippen LogP contribution is 2.18. The molecule has 8 heteroatoms. The van der Waals surface area contributed by atoms with Crippen molar-refractivity contribution in [1.29, 1.82) is 0 Å². The first-order valence-electron chi connectivity index (χ1n) is 9.47. The summed E-state index contributed by atoms with van der Waals surface area (Å²) in [6.07, 6.45) is 2.12. The third-order valence-corrected chi connectivity index (χ3v) is 4.24. The molecule has 0 radical (unpaired) electrons. The van der Waals surface area contributed by atoms with Crippen LogP contribution in [-0.4, -0.2) is 39.4 Å². The van der Waals surface area contributed by atoms with E-state index in [-0.39, 0.29) is 11.6 Å². The SMILES string of the molecule is CCOc1ccc(NC(=O)C(C)OC(=O)c2cnc3c(cnn3C(C)C)c2)cc1. The normalized spacial score (nSPS) is 12.0. The van der Waals surface area contributed by atoms with Crippen LogP contribution in [0.5, 0.6) is 5.75 Å². The molecule has 0 saturated heterocycles. The second-order valence-corrected chi connectivity index (χ2v) is 6.81. The van der Waals surface area contributed by atoms with E-state index in [9.17, 15) is 9.59 Å². The van der Waals surface area contributed by atoms with Crippen LogP contribution < -0.4 is 10.1 Å². The lowest BCUT2D eigenvalue weighted by Crippen LogP contribution is -2.30. The molecule has 0 aliphatic carbocycles. The minimum Gasteiger partial charge on any atom is -0.494 e. The van der Waals surface area contributed by atoms with E-state index in [1.807, 2.05) is 20.8 Å². The molecule has 0 bridgehead atoms. The smallest absolute Gasteiger partial charge is 0.340 e. The number of fused-ring (bicyclic) bond motifs is 1. The molecule has 1 amide bonds. The summed E-state index contributed by atoms with van der Waals surface area (Å²) >= 11 is 0. The van der Waals surface area contributed by atoms with Crippen LogP contribution in [0.1, 0.15) is 44.1 Å². The number of nitrogens with one attached hydrogen (secondary N) is 1. The van der Waals surface area contributed by atoms with Crippen LogP contribution in [0.15, 0.2) is 42.7 Å². The highest BCUT2D eigenvalue weighted by molar-refractivity contribution is 5.98. The van der Waals surface area contributed by atoms with Crippen molar-refractivity contribution in [2.24, 2.45) is 0 Å². The van der Waals surface area contributed by atoms with Crippen LogP contribution in [0.4, 0.5) is 5.69 Å². The molecular weight excluding hydrogens is 372 g/mol. The zero-order valence-electron chi connectivity index (χ0n) is 16.9. The average Bonchev–Trinajstić information content (AvgIpc) is 3.13. The van der Waals surface area contributed by atoms with Crippen molar-refractivity contribution in [3.8, 4) is 5.75 Å². The van der Waals surface area contributed by atoms with Gasteiger partial charge < -0.3 is 14.8 Å². The number of amides is 1. The first-order chi connectivity index (χ1) is 13.9. The maximum absolute atomic E-state index is 12.4. The van der Waals surface area contributed by atoms with Gasteiger partial charge in [-0.3, -0.25) is 4.79 Å². The number of esters is 1. The highest BCUT2D eigenvalue weighted by atomic mass is 16.5. The second-order valence-electron chi connectivity index (χ2n) is 6.81. The van der Waals surface area contributed by atoms with Crippen molar-refractivity contribution in [2.45, 2.75) is 39.8 Å². The Morgan fingerprint density at radius 1 is 1.14 bits per heavy atom. The molecule has 0 aliphatic heterocycles. The monoisotopic (exact) mass is 396 g/mol. The van der Waals surface area contributed by atoms with Crippen LogP contribution in [0.2, 0.25) is 0 Å². The van der Waals surface area contributed by atoms with Crippen molar-refractivity contribution in [2.75, 3.05) is 11.9 Å². The Kier molecular flexibility index (Phi) is 6.11. The molecular formula is C21H24N4O4. The minimum absolute atomic E-state index is 0.157. The first kappa shape index (κ1) is 20.3. The van der Waals surface area contributed by atoms with Crippen molar-refractivity contribution < 1.29 is 19.1 Å². The number of carbonyl (C=O) groups excluding carboxylic acids is 2. The average molecular weight is 396 g/mol. The lowest BCUT2D eigenvalue weighted by atomic mass is 10.2. The number of rotatable bonds is 7. The van der Waals surface area contributed by atoms with Gasteiger partial charge in [-0.15, -0.1) is 0 Å². The summed E-state index contributed by atoms with van der Waals surface area (Å²) in [5.41, 5.74) is 1.55. The molecule has 1 aromatic carbocycles. The number of anilines is 1. The van der Waals surface area contributed by atoms with Gasteiger partial charge in [-0.25, -0.2) is 14.5 Å². The molecule has 8 nitrogen and oxygen atoms in total. The summed E-state index contributed by atoms with van der Waals surface area (Å²) in [4.78, 5) is 29.1. The maximum Gasteiger partial charge on any atom is 0.340 e. The molecule has 3 rings (SSSR count). The number of nitrogens with zero attached hydrogens (tertiary/aromatic N) is 3. The highest BCUT2D eigenvalue weighted by Gasteiger charge is 2.20. The summed E-state index contributed by atoms with van der Waals surface area (Å²) in [7, 11) is 0. The minimum atomic E-state index is -0.969. The Labute approximate surface area is 168 Å². The molecule has 0 aliphatic rings. The van der Waals surface area contributed by atoms with Gasteiger partial charge in [-0.2, -0.15) is 5.10 Å². The van der Waals surface area contributed by atoms with E-state index in [2.05, 4.69) is 15.4 Å². The van der Waals surface area contributed by atoms with Gasteiger partial charge >= 0.3 is 5.97 Å². The number of aromatic nitrogens is 3. The number of hydrogen-bond donors (Lipinski definition) is 1. The fourth-order valence-electron chi connectivity index (χ4n) is 2.76. The van der Waals surface area contributed by atoms with Crippen molar-refractivity contribution in [3.63, 3.8) is 0 Å². The number of hydrogen-bond acceptors (Lipinski definition) is 6. The van der Waals surface area contributed by atoms with Crippen LogP contribution in [0.25, 0.3) is 11.0 Å². The Balaban J connectivity index is 1.63. The summed E-state index contributed by atoms with van der Waals surface area (Å²) in [5, 5.41) is 7.73. The van der Waals surface area contributed by atoms with E-state index < -0.39 is 18.0 Å². The van der Waals surface area contributed by atoms with E-state index in [4.69, 9.17) is 9.47 Å². The second kappa shape index (κ2) is 8.72. The van der Waals surface area contributed by atoms with E-state index in [1.165, 1.54) is 13.1 Å². The quantitative estimate of drug-likeness (QED) is 0.613. The van der Waals surface area contributed by atoms with Gasteiger partial charge in [0.25, 0.3) is 5.91 Å². The maximum atomic E-state index is 12.4. The van der Waals surface area contributed by atoms with E-state index in [0.29, 0.717) is 23.7 Å². The lowest BCUT2D eigenvalue weighted by molar-refractivity contribution is -0.123.